The summed E-state index contributed by atoms with van der Waals surface area (Å²) in [6.07, 6.45) is 6.35. The highest BCUT2D eigenvalue weighted by Crippen LogP contribution is 2.21. The SMILES string of the molecule is CCCCCC(NCC)c1cccc(CC)c1. The third-order valence-corrected chi connectivity index (χ3v) is 3.31. The molecule has 1 aromatic rings. The van der Waals surface area contributed by atoms with Crippen LogP contribution in [0, 0.1) is 0 Å². The van der Waals surface area contributed by atoms with E-state index >= 15 is 0 Å². The maximum atomic E-state index is 3.61. The molecule has 0 amide bonds. The van der Waals surface area contributed by atoms with Gasteiger partial charge in [0.1, 0.15) is 0 Å². The van der Waals surface area contributed by atoms with Crippen LogP contribution in [-0.4, -0.2) is 6.54 Å². The summed E-state index contributed by atoms with van der Waals surface area (Å²) in [5, 5.41) is 3.61. The molecule has 0 fully saturated rings. The van der Waals surface area contributed by atoms with E-state index in [0.29, 0.717) is 6.04 Å². The maximum Gasteiger partial charge on any atom is 0.0320 e. The van der Waals surface area contributed by atoms with E-state index in [1.165, 1.54) is 36.8 Å². The molecule has 0 saturated carbocycles. The van der Waals surface area contributed by atoms with E-state index in [2.05, 4.69) is 50.4 Å². The Hall–Kier alpha value is -0.820. The highest BCUT2D eigenvalue weighted by Gasteiger charge is 2.09. The van der Waals surface area contributed by atoms with Crippen molar-refractivity contribution in [2.45, 2.75) is 58.9 Å². The van der Waals surface area contributed by atoms with Crippen LogP contribution in [0.1, 0.15) is 63.6 Å². The van der Waals surface area contributed by atoms with Crippen LogP contribution >= 0.6 is 0 Å². The maximum absolute atomic E-state index is 3.61. The number of aryl methyl sites for hydroxylation is 1. The molecule has 0 radical (unpaired) electrons. The second-order valence-corrected chi connectivity index (χ2v) is 4.70. The van der Waals surface area contributed by atoms with Crippen molar-refractivity contribution in [3.8, 4) is 0 Å². The zero-order valence-electron chi connectivity index (χ0n) is 11.6. The molecule has 1 aromatic carbocycles. The summed E-state index contributed by atoms with van der Waals surface area (Å²) in [7, 11) is 0. The largest absolute Gasteiger partial charge is 0.310 e. The second kappa shape index (κ2) is 8.30. The Balaban J connectivity index is 2.66. The standard InChI is InChI=1S/C16H27N/c1-4-7-8-12-16(17-6-3)15-11-9-10-14(5-2)13-15/h9-11,13,16-17H,4-8,12H2,1-3H3. The topological polar surface area (TPSA) is 12.0 Å². The molecular formula is C16H27N. The first-order valence-electron chi connectivity index (χ1n) is 7.14. The smallest absolute Gasteiger partial charge is 0.0320 e. The Morgan fingerprint density at radius 1 is 1.12 bits per heavy atom. The van der Waals surface area contributed by atoms with Crippen molar-refractivity contribution in [1.29, 1.82) is 0 Å². The molecule has 1 N–H and O–H groups in total. The summed E-state index contributed by atoms with van der Waals surface area (Å²) < 4.78 is 0. The van der Waals surface area contributed by atoms with Crippen LogP contribution < -0.4 is 5.32 Å². The lowest BCUT2D eigenvalue weighted by atomic mass is 9.98. The molecule has 0 spiro atoms. The van der Waals surface area contributed by atoms with Gasteiger partial charge in [0.2, 0.25) is 0 Å². The molecule has 0 saturated heterocycles. The van der Waals surface area contributed by atoms with Crippen LogP contribution in [0.2, 0.25) is 0 Å². The van der Waals surface area contributed by atoms with Gasteiger partial charge in [-0.15, -0.1) is 0 Å². The monoisotopic (exact) mass is 233 g/mol. The molecule has 17 heavy (non-hydrogen) atoms. The Bertz CT molecular complexity index is 306. The van der Waals surface area contributed by atoms with Gasteiger partial charge in [-0.2, -0.15) is 0 Å². The third kappa shape index (κ3) is 4.91. The molecule has 1 nitrogen and oxygen atoms in total. The first-order chi connectivity index (χ1) is 8.31. The first kappa shape index (κ1) is 14.2. The summed E-state index contributed by atoms with van der Waals surface area (Å²) in [5.41, 5.74) is 2.91. The zero-order chi connectivity index (χ0) is 12.5. The lowest BCUT2D eigenvalue weighted by Gasteiger charge is -2.19. The molecule has 1 heteroatoms. The fourth-order valence-corrected chi connectivity index (χ4v) is 2.26. The van der Waals surface area contributed by atoms with Gasteiger partial charge in [-0.05, 0) is 30.5 Å². The van der Waals surface area contributed by atoms with Crippen molar-refractivity contribution in [1.82, 2.24) is 5.32 Å². The Kier molecular flexibility index (Phi) is 6.95. The van der Waals surface area contributed by atoms with Crippen LogP contribution in [0.4, 0.5) is 0 Å². The molecule has 1 unspecified atom stereocenters. The van der Waals surface area contributed by atoms with Crippen molar-refractivity contribution in [3.63, 3.8) is 0 Å². The summed E-state index contributed by atoms with van der Waals surface area (Å²) in [4.78, 5) is 0. The highest BCUT2D eigenvalue weighted by molar-refractivity contribution is 5.26. The molecular weight excluding hydrogens is 206 g/mol. The number of nitrogens with one attached hydrogen (secondary N) is 1. The molecule has 0 aliphatic carbocycles. The minimum Gasteiger partial charge on any atom is -0.310 e. The minimum absolute atomic E-state index is 0.540. The van der Waals surface area contributed by atoms with Crippen LogP contribution in [0.5, 0.6) is 0 Å². The van der Waals surface area contributed by atoms with Crippen molar-refractivity contribution in [2.24, 2.45) is 0 Å². The first-order valence-corrected chi connectivity index (χ1v) is 7.14. The van der Waals surface area contributed by atoms with Crippen LogP contribution in [-0.2, 0) is 6.42 Å². The lowest BCUT2D eigenvalue weighted by molar-refractivity contribution is 0.486. The number of benzene rings is 1. The summed E-state index contributed by atoms with van der Waals surface area (Å²) in [6, 6.07) is 9.58. The summed E-state index contributed by atoms with van der Waals surface area (Å²) >= 11 is 0. The Morgan fingerprint density at radius 3 is 2.59 bits per heavy atom. The third-order valence-electron chi connectivity index (χ3n) is 3.31. The fourth-order valence-electron chi connectivity index (χ4n) is 2.26. The molecule has 0 aliphatic heterocycles. The normalized spacial score (nSPS) is 12.6. The van der Waals surface area contributed by atoms with Crippen molar-refractivity contribution in [2.75, 3.05) is 6.54 Å². The van der Waals surface area contributed by atoms with Gasteiger partial charge in [0.15, 0.2) is 0 Å². The van der Waals surface area contributed by atoms with E-state index in [1.54, 1.807) is 0 Å². The van der Waals surface area contributed by atoms with Crippen molar-refractivity contribution in [3.05, 3.63) is 35.4 Å². The molecule has 96 valence electrons. The highest BCUT2D eigenvalue weighted by atomic mass is 14.9. The second-order valence-electron chi connectivity index (χ2n) is 4.70. The number of unbranched alkanes of at least 4 members (excludes halogenated alkanes) is 2. The number of rotatable bonds is 8. The molecule has 0 aliphatic rings. The van der Waals surface area contributed by atoms with E-state index in [0.717, 1.165) is 13.0 Å². The van der Waals surface area contributed by atoms with E-state index in [-0.39, 0.29) is 0 Å². The van der Waals surface area contributed by atoms with Gasteiger partial charge >= 0.3 is 0 Å². The van der Waals surface area contributed by atoms with Gasteiger partial charge in [-0.1, -0.05) is 64.3 Å². The van der Waals surface area contributed by atoms with Crippen LogP contribution in [0.15, 0.2) is 24.3 Å². The van der Waals surface area contributed by atoms with Crippen molar-refractivity contribution >= 4 is 0 Å². The Morgan fingerprint density at radius 2 is 1.94 bits per heavy atom. The fraction of sp³-hybridized carbons (Fsp3) is 0.625. The lowest BCUT2D eigenvalue weighted by Crippen LogP contribution is -2.21. The predicted octanol–water partition coefficient (Wildman–Crippen LogP) is 4.48. The summed E-state index contributed by atoms with van der Waals surface area (Å²) in [5.74, 6) is 0. The van der Waals surface area contributed by atoms with Crippen LogP contribution in [0.25, 0.3) is 0 Å². The van der Waals surface area contributed by atoms with E-state index in [4.69, 9.17) is 0 Å². The Labute approximate surface area is 107 Å². The van der Waals surface area contributed by atoms with E-state index in [9.17, 15) is 0 Å². The predicted molar refractivity (Wildman–Crippen MR) is 76.4 cm³/mol. The molecule has 1 atom stereocenters. The van der Waals surface area contributed by atoms with E-state index in [1.807, 2.05) is 0 Å². The molecule has 1 rings (SSSR count). The van der Waals surface area contributed by atoms with Gasteiger partial charge in [0.25, 0.3) is 0 Å². The zero-order valence-corrected chi connectivity index (χ0v) is 11.6. The minimum atomic E-state index is 0.540. The van der Waals surface area contributed by atoms with Gasteiger partial charge in [0.05, 0.1) is 0 Å². The van der Waals surface area contributed by atoms with Crippen LogP contribution in [0.3, 0.4) is 0 Å². The molecule has 0 aromatic heterocycles. The van der Waals surface area contributed by atoms with Gasteiger partial charge in [0, 0.05) is 6.04 Å². The van der Waals surface area contributed by atoms with Crippen molar-refractivity contribution < 1.29 is 0 Å². The van der Waals surface area contributed by atoms with E-state index < -0.39 is 0 Å². The van der Waals surface area contributed by atoms with Gasteiger partial charge < -0.3 is 5.32 Å². The quantitative estimate of drug-likeness (QED) is 0.653. The molecule has 0 bridgehead atoms. The molecule has 0 heterocycles. The summed E-state index contributed by atoms with van der Waals surface area (Å²) in [6.45, 7) is 7.72. The van der Waals surface area contributed by atoms with Gasteiger partial charge in [-0.25, -0.2) is 0 Å². The average molecular weight is 233 g/mol. The number of hydrogen-bond donors (Lipinski definition) is 1. The average Bonchev–Trinajstić information content (AvgIpc) is 2.38. The number of hydrogen-bond acceptors (Lipinski definition) is 1. The van der Waals surface area contributed by atoms with Gasteiger partial charge in [-0.3, -0.25) is 0 Å².